The van der Waals surface area contributed by atoms with Gasteiger partial charge < -0.3 is 15.4 Å². The Bertz CT molecular complexity index is 642. The van der Waals surface area contributed by atoms with Gasteiger partial charge in [-0.1, -0.05) is 0 Å². The van der Waals surface area contributed by atoms with E-state index >= 15 is 0 Å². The molecule has 1 aromatic heterocycles. The third-order valence-electron chi connectivity index (χ3n) is 3.78. The maximum atomic E-state index is 11.5. The molecule has 3 rings (SSSR count). The molecule has 0 amide bonds. The molecule has 6 heteroatoms. The lowest BCUT2D eigenvalue weighted by Crippen LogP contribution is -2.17. The summed E-state index contributed by atoms with van der Waals surface area (Å²) in [5, 5.41) is 4.16. The Kier molecular flexibility index (Phi) is 3.51. The molecule has 6 nitrogen and oxygen atoms in total. The van der Waals surface area contributed by atoms with Crippen LogP contribution in [0.25, 0.3) is 5.69 Å². The van der Waals surface area contributed by atoms with Crippen LogP contribution in [-0.4, -0.2) is 35.9 Å². The van der Waals surface area contributed by atoms with E-state index in [-0.39, 0.29) is 11.4 Å². The molecule has 1 aliphatic heterocycles. The monoisotopic (exact) mass is 286 g/mol. The van der Waals surface area contributed by atoms with E-state index in [9.17, 15) is 4.79 Å². The number of anilines is 2. The molecule has 0 aliphatic carbocycles. The van der Waals surface area contributed by atoms with E-state index in [1.54, 1.807) is 4.68 Å². The molecular formula is C15H18N4O2. The first kappa shape index (κ1) is 13.5. The van der Waals surface area contributed by atoms with Crippen LogP contribution in [0, 0.1) is 0 Å². The molecule has 2 N–H and O–H groups in total. The van der Waals surface area contributed by atoms with Gasteiger partial charge in [0.1, 0.15) is 11.4 Å². The number of nitrogen functional groups attached to an aromatic ring is 1. The molecule has 1 aliphatic rings. The molecule has 21 heavy (non-hydrogen) atoms. The second-order valence-corrected chi connectivity index (χ2v) is 5.06. The Morgan fingerprint density at radius 1 is 1.19 bits per heavy atom. The highest BCUT2D eigenvalue weighted by Crippen LogP contribution is 2.23. The van der Waals surface area contributed by atoms with Gasteiger partial charge in [0.05, 0.1) is 19.0 Å². The normalized spacial score (nSPS) is 14.4. The summed E-state index contributed by atoms with van der Waals surface area (Å²) in [5.41, 5.74) is 8.27. The van der Waals surface area contributed by atoms with Gasteiger partial charge in [0.2, 0.25) is 0 Å². The summed E-state index contributed by atoms with van der Waals surface area (Å²) in [6, 6.07) is 8.02. The molecule has 0 bridgehead atoms. The van der Waals surface area contributed by atoms with Gasteiger partial charge in [-0.25, -0.2) is 9.48 Å². The van der Waals surface area contributed by atoms with Gasteiger partial charge in [0, 0.05) is 18.8 Å². The third-order valence-corrected chi connectivity index (χ3v) is 3.78. The van der Waals surface area contributed by atoms with Gasteiger partial charge in [-0.3, -0.25) is 0 Å². The first-order chi connectivity index (χ1) is 10.2. The number of ether oxygens (including phenoxy) is 1. The van der Waals surface area contributed by atoms with E-state index in [1.807, 2.05) is 12.1 Å². The van der Waals surface area contributed by atoms with Gasteiger partial charge in [-0.2, -0.15) is 5.10 Å². The molecule has 1 fully saturated rings. The topological polar surface area (TPSA) is 73.4 Å². The first-order valence-corrected chi connectivity index (χ1v) is 6.98. The fraction of sp³-hybridized carbons (Fsp3) is 0.333. The number of methoxy groups -OCH3 is 1. The Balaban J connectivity index is 1.87. The van der Waals surface area contributed by atoms with E-state index in [0.29, 0.717) is 0 Å². The van der Waals surface area contributed by atoms with Crippen molar-refractivity contribution in [2.24, 2.45) is 0 Å². The fourth-order valence-electron chi connectivity index (χ4n) is 2.61. The van der Waals surface area contributed by atoms with Crippen LogP contribution >= 0.6 is 0 Å². The van der Waals surface area contributed by atoms with Crippen molar-refractivity contribution < 1.29 is 9.53 Å². The van der Waals surface area contributed by atoms with E-state index in [2.05, 4.69) is 26.9 Å². The minimum absolute atomic E-state index is 0.279. The number of aromatic nitrogens is 2. The average molecular weight is 286 g/mol. The van der Waals surface area contributed by atoms with Crippen molar-refractivity contribution in [2.45, 2.75) is 12.8 Å². The van der Waals surface area contributed by atoms with Crippen LogP contribution in [0.2, 0.25) is 0 Å². The molecule has 0 saturated carbocycles. The number of nitrogens with zero attached hydrogens (tertiary/aromatic N) is 3. The van der Waals surface area contributed by atoms with Gasteiger partial charge in [-0.15, -0.1) is 0 Å². The molecule has 1 aromatic carbocycles. The predicted molar refractivity (Wildman–Crippen MR) is 80.8 cm³/mol. The lowest BCUT2D eigenvalue weighted by Gasteiger charge is -2.17. The highest BCUT2D eigenvalue weighted by atomic mass is 16.5. The molecule has 0 spiro atoms. The fourth-order valence-corrected chi connectivity index (χ4v) is 2.61. The van der Waals surface area contributed by atoms with Crippen molar-refractivity contribution in [3.63, 3.8) is 0 Å². The van der Waals surface area contributed by atoms with Crippen LogP contribution in [0.1, 0.15) is 23.2 Å². The van der Waals surface area contributed by atoms with Gasteiger partial charge in [0.15, 0.2) is 0 Å². The average Bonchev–Trinajstić information content (AvgIpc) is 3.16. The highest BCUT2D eigenvalue weighted by molar-refractivity contribution is 5.94. The smallest absolute Gasteiger partial charge is 0.343 e. The number of benzene rings is 1. The summed E-state index contributed by atoms with van der Waals surface area (Å²) in [5.74, 6) is -0.191. The van der Waals surface area contributed by atoms with Crippen LogP contribution in [0.3, 0.4) is 0 Å². The maximum absolute atomic E-state index is 11.5. The Labute approximate surface area is 123 Å². The Morgan fingerprint density at radius 3 is 2.43 bits per heavy atom. The lowest BCUT2D eigenvalue weighted by atomic mass is 10.2. The molecule has 0 radical (unpaired) electrons. The lowest BCUT2D eigenvalue weighted by molar-refractivity contribution is 0.0602. The van der Waals surface area contributed by atoms with Crippen molar-refractivity contribution in [1.29, 1.82) is 0 Å². The second-order valence-electron chi connectivity index (χ2n) is 5.06. The molecule has 0 atom stereocenters. The van der Waals surface area contributed by atoms with Gasteiger partial charge in [0.25, 0.3) is 0 Å². The minimum Gasteiger partial charge on any atom is -0.465 e. The van der Waals surface area contributed by atoms with Crippen LogP contribution in [0.5, 0.6) is 0 Å². The predicted octanol–water partition coefficient (Wildman–Crippen LogP) is 1.84. The molecule has 0 unspecified atom stereocenters. The first-order valence-electron chi connectivity index (χ1n) is 6.98. The summed E-state index contributed by atoms with van der Waals surface area (Å²) < 4.78 is 6.22. The molecular weight excluding hydrogens is 268 g/mol. The van der Waals surface area contributed by atoms with E-state index in [1.165, 1.54) is 31.8 Å². The van der Waals surface area contributed by atoms with E-state index in [4.69, 9.17) is 5.73 Å². The SMILES string of the molecule is COC(=O)c1cnn(-c2ccc(N3CCCC3)cc2)c1N. The summed E-state index contributed by atoms with van der Waals surface area (Å²) in [6.07, 6.45) is 3.92. The molecule has 110 valence electrons. The summed E-state index contributed by atoms with van der Waals surface area (Å²) in [6.45, 7) is 2.21. The summed E-state index contributed by atoms with van der Waals surface area (Å²) in [7, 11) is 1.32. The maximum Gasteiger partial charge on any atom is 0.343 e. The Morgan fingerprint density at radius 2 is 1.81 bits per heavy atom. The minimum atomic E-state index is -0.479. The number of nitrogens with two attached hydrogens (primary N) is 1. The number of carbonyl (C=O) groups is 1. The van der Waals surface area contributed by atoms with Crippen molar-refractivity contribution in [3.05, 3.63) is 36.0 Å². The van der Waals surface area contributed by atoms with Gasteiger partial charge >= 0.3 is 5.97 Å². The van der Waals surface area contributed by atoms with Crippen molar-refractivity contribution in [2.75, 3.05) is 30.8 Å². The third kappa shape index (κ3) is 2.44. The van der Waals surface area contributed by atoms with Crippen molar-refractivity contribution >= 4 is 17.5 Å². The van der Waals surface area contributed by atoms with Gasteiger partial charge in [-0.05, 0) is 37.1 Å². The number of esters is 1. The highest BCUT2D eigenvalue weighted by Gasteiger charge is 2.17. The van der Waals surface area contributed by atoms with Crippen LogP contribution in [-0.2, 0) is 4.74 Å². The van der Waals surface area contributed by atoms with Crippen molar-refractivity contribution in [3.8, 4) is 5.69 Å². The van der Waals surface area contributed by atoms with Crippen LogP contribution in [0.4, 0.5) is 11.5 Å². The zero-order valence-electron chi connectivity index (χ0n) is 12.0. The van der Waals surface area contributed by atoms with Crippen LogP contribution < -0.4 is 10.6 Å². The summed E-state index contributed by atoms with van der Waals surface area (Å²) >= 11 is 0. The van der Waals surface area contributed by atoms with E-state index in [0.717, 1.165) is 18.8 Å². The quantitative estimate of drug-likeness (QED) is 0.872. The second kappa shape index (κ2) is 5.47. The summed E-state index contributed by atoms with van der Waals surface area (Å²) in [4.78, 5) is 13.9. The zero-order valence-corrected chi connectivity index (χ0v) is 12.0. The molecule has 2 aromatic rings. The van der Waals surface area contributed by atoms with Crippen LogP contribution in [0.15, 0.2) is 30.5 Å². The number of carbonyl (C=O) groups excluding carboxylic acids is 1. The van der Waals surface area contributed by atoms with Crippen molar-refractivity contribution in [1.82, 2.24) is 9.78 Å². The Hall–Kier alpha value is -2.50. The number of hydrogen-bond acceptors (Lipinski definition) is 5. The molecule has 1 saturated heterocycles. The molecule has 2 heterocycles. The number of rotatable bonds is 3. The standard InChI is InChI=1S/C15H18N4O2/c1-21-15(20)13-10-17-19(14(13)16)12-6-4-11(5-7-12)18-8-2-3-9-18/h4-7,10H,2-3,8-9,16H2,1H3. The zero-order chi connectivity index (χ0) is 14.8. The largest absolute Gasteiger partial charge is 0.465 e. The number of hydrogen-bond donors (Lipinski definition) is 1. The van der Waals surface area contributed by atoms with E-state index < -0.39 is 5.97 Å².